The first-order chi connectivity index (χ1) is 9.02. The molecule has 0 radical (unpaired) electrons. The van der Waals surface area contributed by atoms with E-state index in [0.717, 1.165) is 6.42 Å². The maximum absolute atomic E-state index is 11.0. The molecule has 102 valence electrons. The highest BCUT2D eigenvalue weighted by Crippen LogP contribution is 2.26. The van der Waals surface area contributed by atoms with Gasteiger partial charge in [0.05, 0.1) is 14.7 Å². The number of allylic oxidation sites excluding steroid dienone is 1. The minimum atomic E-state index is -1.63. The van der Waals surface area contributed by atoms with E-state index in [1.54, 1.807) is 0 Å². The molecule has 1 unspecified atom stereocenters. The molecule has 0 aromatic heterocycles. The topological polar surface area (TPSA) is 26.3 Å². The molecular formula is C16H22O2Si. The van der Waals surface area contributed by atoms with Crippen LogP contribution < -0.4 is 5.19 Å². The molecule has 0 spiro atoms. The number of rotatable bonds is 7. The molecule has 2 nitrogen and oxygen atoms in total. The van der Waals surface area contributed by atoms with E-state index in [1.807, 2.05) is 12.1 Å². The molecule has 0 aliphatic heterocycles. The van der Waals surface area contributed by atoms with Gasteiger partial charge in [0.2, 0.25) is 0 Å². The highest BCUT2D eigenvalue weighted by atomic mass is 28.3. The summed E-state index contributed by atoms with van der Waals surface area (Å²) in [4.78, 5) is 11.0. The molecule has 1 atom stereocenters. The zero-order chi connectivity index (χ0) is 14.3. The molecule has 1 rings (SSSR count). The van der Waals surface area contributed by atoms with E-state index >= 15 is 0 Å². The summed E-state index contributed by atoms with van der Waals surface area (Å²) >= 11 is 0. The van der Waals surface area contributed by atoms with Crippen molar-refractivity contribution in [2.24, 2.45) is 0 Å². The lowest BCUT2D eigenvalue weighted by Gasteiger charge is -2.30. The van der Waals surface area contributed by atoms with Gasteiger partial charge in [0.15, 0.2) is 0 Å². The van der Waals surface area contributed by atoms with E-state index in [4.69, 9.17) is 4.74 Å². The highest BCUT2D eigenvalue weighted by molar-refractivity contribution is 6.91. The van der Waals surface area contributed by atoms with Crippen molar-refractivity contribution >= 4 is 19.2 Å². The average molecular weight is 274 g/mol. The van der Waals surface area contributed by atoms with Crippen molar-refractivity contribution in [1.82, 2.24) is 0 Å². The van der Waals surface area contributed by atoms with Gasteiger partial charge in [-0.3, -0.25) is 0 Å². The van der Waals surface area contributed by atoms with Gasteiger partial charge in [0.1, 0.15) is 0 Å². The molecule has 0 bridgehead atoms. The summed E-state index contributed by atoms with van der Waals surface area (Å²) in [6.45, 7) is 12.4. The van der Waals surface area contributed by atoms with Crippen LogP contribution in [-0.4, -0.2) is 20.7 Å². The second kappa shape index (κ2) is 7.09. The number of esters is 1. The van der Waals surface area contributed by atoms with Crippen molar-refractivity contribution in [2.75, 3.05) is 6.61 Å². The molecule has 0 saturated heterocycles. The van der Waals surface area contributed by atoms with Gasteiger partial charge in [-0.1, -0.05) is 61.3 Å². The summed E-state index contributed by atoms with van der Waals surface area (Å²) in [7, 11) is -1.63. The molecule has 1 aromatic rings. The van der Waals surface area contributed by atoms with E-state index in [9.17, 15) is 4.79 Å². The fraction of sp³-hybridized carbons (Fsp3) is 0.312. The van der Waals surface area contributed by atoms with Crippen molar-refractivity contribution in [1.29, 1.82) is 0 Å². The van der Waals surface area contributed by atoms with Crippen LogP contribution in [0, 0.1) is 0 Å². The normalized spacial score (nSPS) is 12.5. The first-order valence-corrected chi connectivity index (χ1v) is 9.57. The van der Waals surface area contributed by atoms with Gasteiger partial charge in [-0.15, -0.1) is 6.58 Å². The van der Waals surface area contributed by atoms with Crippen LogP contribution in [-0.2, 0) is 9.53 Å². The van der Waals surface area contributed by atoms with Gasteiger partial charge in [0.25, 0.3) is 0 Å². The lowest BCUT2D eigenvalue weighted by Crippen LogP contribution is -2.45. The van der Waals surface area contributed by atoms with Crippen molar-refractivity contribution in [3.8, 4) is 0 Å². The van der Waals surface area contributed by atoms with Crippen LogP contribution >= 0.6 is 0 Å². The summed E-state index contributed by atoms with van der Waals surface area (Å²) in [6.07, 6.45) is 4.01. The zero-order valence-corrected chi connectivity index (χ0v) is 12.8. The summed E-state index contributed by atoms with van der Waals surface area (Å²) in [5.41, 5.74) is 0.382. The maximum atomic E-state index is 11.0. The Hall–Kier alpha value is -1.61. The van der Waals surface area contributed by atoms with Crippen LogP contribution in [0.3, 0.4) is 0 Å². The Balaban J connectivity index is 2.70. The second-order valence-electron chi connectivity index (χ2n) is 5.09. The van der Waals surface area contributed by atoms with Crippen LogP contribution in [0.4, 0.5) is 0 Å². The van der Waals surface area contributed by atoms with Crippen LogP contribution in [0.5, 0.6) is 0 Å². The van der Waals surface area contributed by atoms with E-state index < -0.39 is 8.07 Å². The molecule has 0 amide bonds. The summed E-state index contributed by atoms with van der Waals surface area (Å²) < 4.78 is 5.07. The molecule has 0 aliphatic rings. The minimum Gasteiger partial charge on any atom is -0.463 e. The fourth-order valence-corrected chi connectivity index (χ4v) is 5.11. The van der Waals surface area contributed by atoms with E-state index in [2.05, 4.69) is 50.5 Å². The Kier molecular flexibility index (Phi) is 5.77. The van der Waals surface area contributed by atoms with Gasteiger partial charge in [-0.25, -0.2) is 4.79 Å². The first-order valence-electron chi connectivity index (χ1n) is 6.49. The van der Waals surface area contributed by atoms with Crippen molar-refractivity contribution in [2.45, 2.75) is 25.1 Å². The van der Waals surface area contributed by atoms with Crippen LogP contribution in [0.25, 0.3) is 0 Å². The van der Waals surface area contributed by atoms with Crippen LogP contribution in [0.15, 0.2) is 55.6 Å². The van der Waals surface area contributed by atoms with Crippen LogP contribution in [0.2, 0.25) is 18.6 Å². The third-order valence-electron chi connectivity index (χ3n) is 3.57. The Morgan fingerprint density at radius 2 is 1.95 bits per heavy atom. The predicted molar refractivity (Wildman–Crippen MR) is 83.3 cm³/mol. The Morgan fingerprint density at radius 1 is 1.32 bits per heavy atom. The average Bonchev–Trinajstić information content (AvgIpc) is 2.44. The van der Waals surface area contributed by atoms with Gasteiger partial charge < -0.3 is 4.74 Å². The van der Waals surface area contributed by atoms with Crippen molar-refractivity contribution in [3.05, 3.63) is 55.6 Å². The van der Waals surface area contributed by atoms with Gasteiger partial charge >= 0.3 is 5.97 Å². The Labute approximate surface area is 116 Å². The molecule has 0 N–H and O–H groups in total. The Morgan fingerprint density at radius 3 is 2.47 bits per heavy atom. The number of hydrogen-bond acceptors (Lipinski definition) is 2. The molecule has 3 heteroatoms. The second-order valence-corrected chi connectivity index (χ2v) is 9.85. The number of ether oxygens (including phenoxy) is 1. The molecular weight excluding hydrogens is 252 g/mol. The quantitative estimate of drug-likeness (QED) is 0.330. The molecule has 1 aromatic carbocycles. The van der Waals surface area contributed by atoms with Gasteiger partial charge in [-0.05, 0) is 12.0 Å². The van der Waals surface area contributed by atoms with E-state index in [-0.39, 0.29) is 5.97 Å². The number of benzene rings is 1. The summed E-state index contributed by atoms with van der Waals surface area (Å²) in [6, 6.07) is 10.5. The molecule has 0 aliphatic carbocycles. The van der Waals surface area contributed by atoms with Crippen molar-refractivity contribution in [3.63, 3.8) is 0 Å². The lowest BCUT2D eigenvalue weighted by atomic mass is 10.3. The van der Waals surface area contributed by atoms with Gasteiger partial charge in [0, 0.05) is 6.08 Å². The molecule has 0 saturated carbocycles. The molecule has 0 fully saturated rings. The predicted octanol–water partition coefficient (Wildman–Crippen LogP) is 3.28. The van der Waals surface area contributed by atoms with Crippen molar-refractivity contribution < 1.29 is 9.53 Å². The third-order valence-corrected chi connectivity index (χ3v) is 7.77. The van der Waals surface area contributed by atoms with E-state index in [0.29, 0.717) is 12.1 Å². The minimum absolute atomic E-state index is 0.359. The third kappa shape index (κ3) is 4.21. The molecule has 0 heterocycles. The largest absolute Gasteiger partial charge is 0.463 e. The van der Waals surface area contributed by atoms with E-state index in [1.165, 1.54) is 11.3 Å². The number of carbonyl (C=O) groups is 1. The fourth-order valence-electron chi connectivity index (χ4n) is 2.20. The number of carbonyl (C=O) groups excluding carboxylic acids is 1. The summed E-state index contributed by atoms with van der Waals surface area (Å²) in [5.74, 6) is -0.359. The van der Waals surface area contributed by atoms with Gasteiger partial charge in [-0.2, -0.15) is 0 Å². The Bertz CT molecular complexity index is 437. The zero-order valence-electron chi connectivity index (χ0n) is 11.8. The van der Waals surface area contributed by atoms with Crippen LogP contribution in [0.1, 0.15) is 6.42 Å². The molecule has 19 heavy (non-hydrogen) atoms. The number of hydrogen-bond donors (Lipinski definition) is 0. The lowest BCUT2D eigenvalue weighted by molar-refractivity contribution is -0.137. The smallest absolute Gasteiger partial charge is 0.330 e. The maximum Gasteiger partial charge on any atom is 0.330 e. The SMILES string of the molecule is C=CC(=O)OCCC(C=C)[Si](C)(C)c1ccccc1. The summed E-state index contributed by atoms with van der Waals surface area (Å²) in [5, 5.41) is 1.40. The standard InChI is InChI=1S/C16H22O2Si/c1-5-14(12-13-18-16(17)6-2)19(3,4)15-10-8-7-9-11-15/h5-11,14H,1-2,12-13H2,3-4H3. The highest BCUT2D eigenvalue weighted by Gasteiger charge is 2.31. The first kappa shape index (κ1) is 15.4. The monoisotopic (exact) mass is 274 g/mol.